The van der Waals surface area contributed by atoms with E-state index in [2.05, 4.69) is 15.4 Å². The van der Waals surface area contributed by atoms with Crippen LogP contribution in [0.25, 0.3) is 11.3 Å². The molecule has 7 heteroatoms. The molecule has 0 saturated carbocycles. The average Bonchev–Trinajstić information content (AvgIpc) is 2.95. The van der Waals surface area contributed by atoms with Gasteiger partial charge in [0.05, 0.1) is 24.6 Å². The van der Waals surface area contributed by atoms with Crippen LogP contribution in [0.2, 0.25) is 0 Å². The van der Waals surface area contributed by atoms with Gasteiger partial charge in [0.2, 0.25) is 0 Å². The first kappa shape index (κ1) is 15.7. The van der Waals surface area contributed by atoms with Crippen LogP contribution in [-0.4, -0.2) is 27.8 Å². The fourth-order valence-electron chi connectivity index (χ4n) is 2.23. The molecule has 24 heavy (non-hydrogen) atoms. The highest BCUT2D eigenvalue weighted by molar-refractivity contribution is 6.03. The minimum Gasteiger partial charge on any atom is -0.497 e. The fraction of sp³-hybridized carbons (Fsp3) is 0.118. The summed E-state index contributed by atoms with van der Waals surface area (Å²) in [4.78, 5) is 15.9. The van der Waals surface area contributed by atoms with Gasteiger partial charge in [-0.15, -0.1) is 0 Å². The highest BCUT2D eigenvalue weighted by atomic mass is 19.1. The zero-order valence-corrected chi connectivity index (χ0v) is 13.2. The maximum atomic E-state index is 13.2. The molecule has 122 valence electrons. The van der Waals surface area contributed by atoms with Crippen molar-refractivity contribution in [1.29, 1.82) is 0 Å². The van der Waals surface area contributed by atoms with Crippen molar-refractivity contribution in [3.05, 3.63) is 60.2 Å². The number of methoxy groups -OCH3 is 1. The van der Waals surface area contributed by atoms with E-state index in [1.165, 1.54) is 6.20 Å². The van der Waals surface area contributed by atoms with E-state index in [-0.39, 0.29) is 5.56 Å². The molecule has 3 rings (SSSR count). The molecule has 0 spiro atoms. The molecule has 0 aliphatic carbocycles. The Morgan fingerprint density at radius 3 is 2.83 bits per heavy atom. The lowest BCUT2D eigenvalue weighted by Gasteiger charge is -2.04. The highest BCUT2D eigenvalue weighted by Gasteiger charge is 2.13. The van der Waals surface area contributed by atoms with Gasteiger partial charge in [-0.3, -0.25) is 14.5 Å². The van der Waals surface area contributed by atoms with Gasteiger partial charge in [-0.1, -0.05) is 12.1 Å². The third kappa shape index (κ3) is 3.24. The summed E-state index contributed by atoms with van der Waals surface area (Å²) in [5, 5.41) is 7.07. The smallest absolute Gasteiger partial charge is 0.258 e. The van der Waals surface area contributed by atoms with Gasteiger partial charge in [-0.2, -0.15) is 5.10 Å². The maximum absolute atomic E-state index is 13.2. The number of nitrogens with one attached hydrogen (secondary N) is 1. The van der Waals surface area contributed by atoms with Gasteiger partial charge in [-0.05, 0) is 18.2 Å². The predicted molar refractivity (Wildman–Crippen MR) is 87.3 cm³/mol. The summed E-state index contributed by atoms with van der Waals surface area (Å²) in [6.45, 7) is 0. The normalized spacial score (nSPS) is 10.5. The molecule has 1 aromatic carbocycles. The maximum Gasteiger partial charge on any atom is 0.258 e. The third-order valence-electron chi connectivity index (χ3n) is 3.45. The predicted octanol–water partition coefficient (Wildman–Crippen LogP) is 2.88. The molecule has 1 N–H and O–H groups in total. The van der Waals surface area contributed by atoms with Gasteiger partial charge in [0, 0.05) is 24.9 Å². The zero-order valence-electron chi connectivity index (χ0n) is 13.2. The molecule has 6 nitrogen and oxygen atoms in total. The van der Waals surface area contributed by atoms with Crippen LogP contribution >= 0.6 is 0 Å². The standard InChI is InChI=1S/C17H15FN4O2/c1-22-16(20-17(23)12-6-13(18)10-19-9-12)8-15(21-22)11-4-3-5-14(7-11)24-2/h3-10H,1-2H3,(H,20,23). The van der Waals surface area contributed by atoms with Crippen LogP contribution < -0.4 is 10.1 Å². The topological polar surface area (TPSA) is 69.0 Å². The van der Waals surface area contributed by atoms with E-state index in [0.29, 0.717) is 11.5 Å². The highest BCUT2D eigenvalue weighted by Crippen LogP contribution is 2.25. The number of nitrogens with zero attached hydrogens (tertiary/aromatic N) is 3. The van der Waals surface area contributed by atoms with Crippen LogP contribution in [0, 0.1) is 5.82 Å². The van der Waals surface area contributed by atoms with Gasteiger partial charge < -0.3 is 10.1 Å². The summed E-state index contributed by atoms with van der Waals surface area (Å²) in [6.07, 6.45) is 2.35. The van der Waals surface area contributed by atoms with Crippen molar-refractivity contribution in [1.82, 2.24) is 14.8 Å². The van der Waals surface area contributed by atoms with Crippen LogP contribution in [0.4, 0.5) is 10.2 Å². The summed E-state index contributed by atoms with van der Waals surface area (Å²) in [7, 11) is 3.30. The minimum absolute atomic E-state index is 0.138. The number of carbonyl (C=O) groups is 1. The Labute approximate surface area is 137 Å². The lowest BCUT2D eigenvalue weighted by atomic mass is 10.1. The Kier molecular flexibility index (Phi) is 4.24. The largest absolute Gasteiger partial charge is 0.497 e. The number of rotatable bonds is 4. The second-order valence-electron chi connectivity index (χ2n) is 5.12. The van der Waals surface area contributed by atoms with E-state index in [0.717, 1.165) is 23.6 Å². The third-order valence-corrected chi connectivity index (χ3v) is 3.45. The summed E-state index contributed by atoms with van der Waals surface area (Å²) in [5.41, 5.74) is 1.68. The quantitative estimate of drug-likeness (QED) is 0.800. The molecule has 3 aromatic rings. The van der Waals surface area contributed by atoms with E-state index in [9.17, 15) is 9.18 Å². The van der Waals surface area contributed by atoms with Gasteiger partial charge in [-0.25, -0.2) is 4.39 Å². The number of benzene rings is 1. The lowest BCUT2D eigenvalue weighted by Crippen LogP contribution is -2.15. The molecule has 0 aliphatic rings. The van der Waals surface area contributed by atoms with E-state index in [4.69, 9.17) is 4.74 Å². The summed E-state index contributed by atoms with van der Waals surface area (Å²) >= 11 is 0. The first-order valence-corrected chi connectivity index (χ1v) is 7.17. The second-order valence-corrected chi connectivity index (χ2v) is 5.12. The molecular formula is C17H15FN4O2. The number of carbonyl (C=O) groups excluding carboxylic acids is 1. The molecule has 0 atom stereocenters. The molecule has 0 bridgehead atoms. The van der Waals surface area contributed by atoms with Gasteiger partial charge in [0.1, 0.15) is 17.4 Å². The average molecular weight is 326 g/mol. The van der Waals surface area contributed by atoms with Gasteiger partial charge in [0.25, 0.3) is 5.91 Å². The monoisotopic (exact) mass is 326 g/mol. The molecular weight excluding hydrogens is 311 g/mol. The summed E-state index contributed by atoms with van der Waals surface area (Å²) in [5.74, 6) is 0.184. The van der Waals surface area contributed by atoms with E-state index < -0.39 is 11.7 Å². The van der Waals surface area contributed by atoms with Crippen LogP contribution in [-0.2, 0) is 7.05 Å². The number of hydrogen-bond donors (Lipinski definition) is 1. The lowest BCUT2D eigenvalue weighted by molar-refractivity contribution is 0.102. The van der Waals surface area contributed by atoms with Crippen LogP contribution in [0.1, 0.15) is 10.4 Å². The minimum atomic E-state index is -0.565. The Hall–Kier alpha value is -3.22. The Balaban J connectivity index is 1.85. The van der Waals surface area contributed by atoms with Crippen molar-refractivity contribution in [2.45, 2.75) is 0 Å². The summed E-state index contributed by atoms with van der Waals surface area (Å²) < 4.78 is 19.9. The molecule has 0 aliphatic heterocycles. The molecule has 2 heterocycles. The molecule has 0 unspecified atom stereocenters. The molecule has 2 aromatic heterocycles. The van der Waals surface area contributed by atoms with Crippen molar-refractivity contribution in [2.75, 3.05) is 12.4 Å². The first-order chi connectivity index (χ1) is 11.6. The second kappa shape index (κ2) is 6.49. The molecule has 0 radical (unpaired) electrons. The first-order valence-electron chi connectivity index (χ1n) is 7.17. The number of aryl methyl sites for hydroxylation is 1. The van der Waals surface area contributed by atoms with E-state index in [1.54, 1.807) is 24.9 Å². The molecule has 1 amide bonds. The van der Waals surface area contributed by atoms with Crippen molar-refractivity contribution in [3.63, 3.8) is 0 Å². The van der Waals surface area contributed by atoms with E-state index in [1.807, 2.05) is 24.3 Å². The van der Waals surface area contributed by atoms with Gasteiger partial charge in [0.15, 0.2) is 0 Å². The number of aromatic nitrogens is 3. The molecule has 0 fully saturated rings. The number of ether oxygens (including phenoxy) is 1. The van der Waals surface area contributed by atoms with Crippen LogP contribution in [0.3, 0.4) is 0 Å². The SMILES string of the molecule is COc1cccc(-c2cc(NC(=O)c3cncc(F)c3)n(C)n2)c1. The zero-order chi connectivity index (χ0) is 17.1. The van der Waals surface area contributed by atoms with Crippen LogP contribution in [0.15, 0.2) is 48.8 Å². The Morgan fingerprint density at radius 1 is 1.25 bits per heavy atom. The van der Waals surface area contributed by atoms with Crippen molar-refractivity contribution >= 4 is 11.7 Å². The number of anilines is 1. The van der Waals surface area contributed by atoms with Crippen molar-refractivity contribution in [3.8, 4) is 17.0 Å². The van der Waals surface area contributed by atoms with E-state index >= 15 is 0 Å². The number of amides is 1. The number of pyridine rings is 1. The Bertz CT molecular complexity index is 892. The number of hydrogen-bond acceptors (Lipinski definition) is 4. The Morgan fingerprint density at radius 2 is 2.08 bits per heavy atom. The summed E-state index contributed by atoms with van der Waals surface area (Å²) in [6, 6.07) is 10.3. The van der Waals surface area contributed by atoms with Crippen molar-refractivity contribution < 1.29 is 13.9 Å². The molecule has 0 saturated heterocycles. The van der Waals surface area contributed by atoms with Gasteiger partial charge >= 0.3 is 0 Å². The number of halogens is 1. The van der Waals surface area contributed by atoms with Crippen molar-refractivity contribution in [2.24, 2.45) is 7.05 Å². The fourth-order valence-corrected chi connectivity index (χ4v) is 2.23. The van der Waals surface area contributed by atoms with Crippen LogP contribution in [0.5, 0.6) is 5.75 Å².